The van der Waals surface area contributed by atoms with Crippen LogP contribution in [0.5, 0.6) is 5.75 Å². The molecule has 11 heteroatoms. The second-order valence-electron chi connectivity index (χ2n) is 3.35. The van der Waals surface area contributed by atoms with E-state index in [1.54, 1.807) is 0 Å². The van der Waals surface area contributed by atoms with Crippen molar-refractivity contribution in [1.29, 1.82) is 0 Å². The second-order valence-corrected chi connectivity index (χ2v) is 3.69. The van der Waals surface area contributed by atoms with Gasteiger partial charge in [0.05, 0.1) is 11.8 Å². The molecule has 0 saturated carbocycles. The number of nitrogens with zero attached hydrogens (tertiary/aromatic N) is 1. The normalized spacial score (nSPS) is 12.4. The topological polar surface area (TPSA) is 65.2 Å². The first kappa shape index (κ1) is 16.5. The van der Waals surface area contributed by atoms with Gasteiger partial charge in [0.25, 0.3) is 5.24 Å². The molecule has 1 heterocycles. The fraction of sp³-hybridized carbons (Fsp3) is 0.333. The van der Waals surface area contributed by atoms with E-state index in [9.17, 15) is 31.1 Å². The van der Waals surface area contributed by atoms with E-state index < -0.39 is 46.9 Å². The number of pyridine rings is 1. The third-order valence-corrected chi connectivity index (χ3v) is 2.23. The number of ether oxygens (including phenoxy) is 1. The van der Waals surface area contributed by atoms with Crippen molar-refractivity contribution in [3.8, 4) is 5.75 Å². The quantitative estimate of drug-likeness (QED) is 0.686. The molecule has 0 fully saturated rings. The number of carbonyl (C=O) groups excluding carboxylic acids is 1. The Hall–Kier alpha value is -1.55. The van der Waals surface area contributed by atoms with Crippen molar-refractivity contribution in [3.05, 3.63) is 23.0 Å². The summed E-state index contributed by atoms with van der Waals surface area (Å²) in [5, 5.41) is -1.58. The highest BCUT2D eigenvalue weighted by atomic mass is 35.5. The molecule has 0 spiro atoms. The SMILES string of the molecule is NCc1c(OC(F)(F)F)cnc(C(=O)Cl)c1C(F)(F)F. The molecule has 0 aliphatic rings. The number of halogens is 7. The largest absolute Gasteiger partial charge is 0.573 e. The molecule has 0 aliphatic heterocycles. The van der Waals surface area contributed by atoms with Gasteiger partial charge in [-0.3, -0.25) is 4.79 Å². The van der Waals surface area contributed by atoms with Crippen molar-refractivity contribution in [1.82, 2.24) is 4.98 Å². The summed E-state index contributed by atoms with van der Waals surface area (Å²) in [5.74, 6) is -1.24. The summed E-state index contributed by atoms with van der Waals surface area (Å²) in [4.78, 5) is 13.8. The maximum absolute atomic E-state index is 12.8. The Kier molecular flexibility index (Phi) is 4.49. The summed E-state index contributed by atoms with van der Waals surface area (Å²) in [5.41, 5.74) is 0.955. The molecule has 0 unspecified atom stereocenters. The minimum absolute atomic E-state index is 0.306. The summed E-state index contributed by atoms with van der Waals surface area (Å²) in [6.07, 6.45) is -10.1. The van der Waals surface area contributed by atoms with Crippen LogP contribution in [-0.4, -0.2) is 16.6 Å². The Balaban J connectivity index is 3.57. The molecule has 4 nitrogen and oxygen atoms in total. The first-order valence-electron chi connectivity index (χ1n) is 4.72. The highest BCUT2D eigenvalue weighted by molar-refractivity contribution is 6.67. The molecular formula is C9H5ClF6N2O2. The van der Waals surface area contributed by atoms with Crippen molar-refractivity contribution >= 4 is 16.8 Å². The van der Waals surface area contributed by atoms with Crippen LogP contribution in [0.2, 0.25) is 0 Å². The molecule has 112 valence electrons. The van der Waals surface area contributed by atoms with Crippen LogP contribution in [0, 0.1) is 0 Å². The average Bonchev–Trinajstić information content (AvgIpc) is 2.24. The fourth-order valence-electron chi connectivity index (χ4n) is 1.40. The van der Waals surface area contributed by atoms with Gasteiger partial charge in [0.15, 0.2) is 5.75 Å². The van der Waals surface area contributed by atoms with Gasteiger partial charge in [0.2, 0.25) is 0 Å². The first-order chi connectivity index (χ1) is 8.97. The number of nitrogens with two attached hydrogens (primary N) is 1. The summed E-state index contributed by atoms with van der Waals surface area (Å²) in [6, 6.07) is 0. The van der Waals surface area contributed by atoms with E-state index in [1.165, 1.54) is 0 Å². The Morgan fingerprint density at radius 2 is 1.85 bits per heavy atom. The van der Waals surface area contributed by atoms with Crippen molar-refractivity contribution in [2.75, 3.05) is 0 Å². The molecule has 1 rings (SSSR count). The van der Waals surface area contributed by atoms with E-state index in [4.69, 9.17) is 17.3 Å². The molecule has 0 aromatic carbocycles. The molecule has 0 amide bonds. The van der Waals surface area contributed by atoms with Crippen LogP contribution in [0.4, 0.5) is 26.3 Å². The van der Waals surface area contributed by atoms with Gasteiger partial charge < -0.3 is 10.5 Å². The maximum atomic E-state index is 12.8. The second kappa shape index (κ2) is 5.44. The van der Waals surface area contributed by atoms with Crippen LogP contribution in [0.3, 0.4) is 0 Å². The van der Waals surface area contributed by atoms with E-state index in [2.05, 4.69) is 9.72 Å². The summed E-state index contributed by atoms with van der Waals surface area (Å²) in [6.45, 7) is -0.958. The van der Waals surface area contributed by atoms with Gasteiger partial charge in [-0.25, -0.2) is 4.98 Å². The van der Waals surface area contributed by atoms with Crippen LogP contribution in [0.1, 0.15) is 21.6 Å². The molecule has 1 aromatic rings. The number of rotatable bonds is 3. The van der Waals surface area contributed by atoms with Crippen LogP contribution < -0.4 is 10.5 Å². The smallest absolute Gasteiger partial charge is 0.404 e. The number of hydrogen-bond donors (Lipinski definition) is 1. The summed E-state index contributed by atoms with van der Waals surface area (Å²) < 4.78 is 78.1. The lowest BCUT2D eigenvalue weighted by molar-refractivity contribution is -0.275. The average molecular weight is 323 g/mol. The Labute approximate surface area is 112 Å². The van der Waals surface area contributed by atoms with Gasteiger partial charge in [-0.15, -0.1) is 13.2 Å². The maximum Gasteiger partial charge on any atom is 0.573 e. The zero-order chi connectivity index (χ0) is 15.7. The van der Waals surface area contributed by atoms with Crippen LogP contribution >= 0.6 is 11.6 Å². The van der Waals surface area contributed by atoms with Gasteiger partial charge >= 0.3 is 12.5 Å². The monoisotopic (exact) mass is 322 g/mol. The van der Waals surface area contributed by atoms with Gasteiger partial charge in [-0.05, 0) is 11.6 Å². The molecular weight excluding hydrogens is 318 g/mol. The fourth-order valence-corrected chi connectivity index (χ4v) is 1.54. The van der Waals surface area contributed by atoms with E-state index in [-0.39, 0.29) is 0 Å². The lowest BCUT2D eigenvalue weighted by Crippen LogP contribution is -2.23. The number of alkyl halides is 6. The van der Waals surface area contributed by atoms with Gasteiger partial charge in [-0.2, -0.15) is 13.2 Å². The Bertz CT molecular complexity index is 528. The third-order valence-electron chi connectivity index (χ3n) is 2.05. The number of carbonyl (C=O) groups is 1. The zero-order valence-electron chi connectivity index (χ0n) is 9.27. The standard InChI is InChI=1S/C9H5ClF6N2O2/c10-7(19)6-5(8(11,12)13)3(1-17)4(2-18-6)20-9(14,15)16/h2H,1,17H2. The van der Waals surface area contributed by atoms with Crippen molar-refractivity contribution < 1.29 is 35.9 Å². The predicted molar refractivity (Wildman–Crippen MR) is 54.0 cm³/mol. The molecule has 0 aliphatic carbocycles. The summed E-state index contributed by atoms with van der Waals surface area (Å²) >= 11 is 4.92. The molecule has 1 aromatic heterocycles. The molecule has 2 N–H and O–H groups in total. The highest BCUT2D eigenvalue weighted by Gasteiger charge is 2.41. The minimum Gasteiger partial charge on any atom is -0.404 e. The van der Waals surface area contributed by atoms with Crippen molar-refractivity contribution in [2.45, 2.75) is 19.1 Å². The number of hydrogen-bond acceptors (Lipinski definition) is 4. The Morgan fingerprint density at radius 3 is 2.20 bits per heavy atom. The van der Waals surface area contributed by atoms with Gasteiger partial charge in [-0.1, -0.05) is 0 Å². The lowest BCUT2D eigenvalue weighted by Gasteiger charge is -2.18. The molecule has 0 saturated heterocycles. The van der Waals surface area contributed by atoms with E-state index in [0.717, 1.165) is 0 Å². The molecule has 0 atom stereocenters. The predicted octanol–water partition coefficient (Wildman–Crippen LogP) is 2.84. The van der Waals surface area contributed by atoms with E-state index in [1.807, 2.05) is 0 Å². The molecule has 0 bridgehead atoms. The first-order valence-corrected chi connectivity index (χ1v) is 5.10. The van der Waals surface area contributed by atoms with Crippen LogP contribution in [-0.2, 0) is 12.7 Å². The lowest BCUT2D eigenvalue weighted by atomic mass is 10.1. The zero-order valence-corrected chi connectivity index (χ0v) is 10.0. The van der Waals surface area contributed by atoms with Crippen LogP contribution in [0.25, 0.3) is 0 Å². The Morgan fingerprint density at radius 1 is 1.30 bits per heavy atom. The van der Waals surface area contributed by atoms with E-state index in [0.29, 0.717) is 6.20 Å². The summed E-state index contributed by atoms with van der Waals surface area (Å²) in [7, 11) is 0. The molecule has 20 heavy (non-hydrogen) atoms. The van der Waals surface area contributed by atoms with Crippen molar-refractivity contribution in [2.24, 2.45) is 5.73 Å². The highest BCUT2D eigenvalue weighted by Crippen LogP contribution is 2.39. The third kappa shape index (κ3) is 3.73. The molecule has 0 radical (unpaired) electrons. The number of aromatic nitrogens is 1. The van der Waals surface area contributed by atoms with Crippen molar-refractivity contribution in [3.63, 3.8) is 0 Å². The van der Waals surface area contributed by atoms with E-state index >= 15 is 0 Å². The van der Waals surface area contributed by atoms with Gasteiger partial charge in [0.1, 0.15) is 5.69 Å². The van der Waals surface area contributed by atoms with Gasteiger partial charge in [0, 0.05) is 12.1 Å². The minimum atomic E-state index is -5.24. The van der Waals surface area contributed by atoms with Crippen LogP contribution in [0.15, 0.2) is 6.20 Å².